The van der Waals surface area contributed by atoms with Gasteiger partial charge in [0.05, 0.1) is 6.61 Å². The van der Waals surface area contributed by atoms with Crippen LogP contribution in [-0.4, -0.2) is 30.3 Å². The molecule has 1 aliphatic rings. The molecule has 0 radical (unpaired) electrons. The third-order valence-electron chi connectivity index (χ3n) is 2.26. The van der Waals surface area contributed by atoms with Gasteiger partial charge in [0.2, 0.25) is 0 Å². The molecule has 0 heterocycles. The zero-order valence-electron chi connectivity index (χ0n) is 6.92. The molecule has 0 bridgehead atoms. The van der Waals surface area contributed by atoms with Crippen LogP contribution in [-0.2, 0) is 0 Å². The van der Waals surface area contributed by atoms with Crippen LogP contribution in [0.25, 0.3) is 0 Å². The predicted molar refractivity (Wildman–Crippen MR) is 45.3 cm³/mol. The zero-order chi connectivity index (χ0) is 8.10. The van der Waals surface area contributed by atoms with Crippen molar-refractivity contribution in [1.29, 1.82) is 0 Å². The lowest BCUT2D eigenvalue weighted by Crippen LogP contribution is -2.40. The van der Waals surface area contributed by atoms with E-state index in [1.54, 1.807) is 0 Å². The summed E-state index contributed by atoms with van der Waals surface area (Å²) < 4.78 is 0. The van der Waals surface area contributed by atoms with E-state index in [1.807, 2.05) is 0 Å². The van der Waals surface area contributed by atoms with Gasteiger partial charge >= 0.3 is 0 Å². The molecular weight excluding hydrogens is 140 g/mol. The van der Waals surface area contributed by atoms with E-state index in [1.165, 1.54) is 12.8 Å². The Morgan fingerprint density at radius 2 is 2.27 bits per heavy atom. The van der Waals surface area contributed by atoms with Crippen molar-refractivity contribution >= 4 is 0 Å². The standard InChI is InChI=1S/C8H18N2O/c9-7-2-1-3-8(6-7)10-4-5-11/h7-8,10-11H,1-6,9H2. The van der Waals surface area contributed by atoms with Gasteiger partial charge in [0.15, 0.2) is 0 Å². The summed E-state index contributed by atoms with van der Waals surface area (Å²) >= 11 is 0. The molecule has 1 rings (SSSR count). The first-order valence-electron chi connectivity index (χ1n) is 4.42. The fourth-order valence-corrected chi connectivity index (χ4v) is 1.68. The summed E-state index contributed by atoms with van der Waals surface area (Å²) in [6.07, 6.45) is 4.68. The second kappa shape index (κ2) is 4.70. The number of aliphatic hydroxyl groups is 1. The molecule has 3 heteroatoms. The van der Waals surface area contributed by atoms with Gasteiger partial charge in [0, 0.05) is 18.6 Å². The molecule has 0 aromatic carbocycles. The lowest BCUT2D eigenvalue weighted by molar-refractivity contribution is 0.266. The van der Waals surface area contributed by atoms with Gasteiger partial charge in [-0.1, -0.05) is 6.42 Å². The maximum atomic E-state index is 8.57. The Morgan fingerprint density at radius 1 is 1.45 bits per heavy atom. The van der Waals surface area contributed by atoms with Crippen molar-refractivity contribution in [3.63, 3.8) is 0 Å². The monoisotopic (exact) mass is 158 g/mol. The topological polar surface area (TPSA) is 58.3 Å². The Hall–Kier alpha value is -0.120. The molecule has 4 N–H and O–H groups in total. The highest BCUT2D eigenvalue weighted by molar-refractivity contribution is 4.79. The minimum atomic E-state index is 0.228. The Labute approximate surface area is 68.0 Å². The van der Waals surface area contributed by atoms with Crippen molar-refractivity contribution in [2.75, 3.05) is 13.2 Å². The maximum Gasteiger partial charge on any atom is 0.0556 e. The fraction of sp³-hybridized carbons (Fsp3) is 1.00. The summed E-state index contributed by atoms with van der Waals surface area (Å²) in [5.74, 6) is 0. The van der Waals surface area contributed by atoms with Crippen molar-refractivity contribution in [2.45, 2.75) is 37.8 Å². The summed E-state index contributed by atoms with van der Waals surface area (Å²) in [5.41, 5.74) is 5.79. The first kappa shape index (κ1) is 8.97. The third-order valence-corrected chi connectivity index (χ3v) is 2.26. The Morgan fingerprint density at radius 3 is 2.91 bits per heavy atom. The number of nitrogens with two attached hydrogens (primary N) is 1. The number of hydrogen-bond acceptors (Lipinski definition) is 3. The highest BCUT2D eigenvalue weighted by Gasteiger charge is 2.17. The second-order valence-corrected chi connectivity index (χ2v) is 3.30. The van der Waals surface area contributed by atoms with Crippen LogP contribution >= 0.6 is 0 Å². The molecule has 2 unspecified atom stereocenters. The largest absolute Gasteiger partial charge is 0.395 e. The average molecular weight is 158 g/mol. The molecule has 1 saturated carbocycles. The van der Waals surface area contributed by atoms with E-state index in [-0.39, 0.29) is 6.61 Å². The summed E-state index contributed by atoms with van der Waals surface area (Å²) in [6.45, 7) is 0.934. The summed E-state index contributed by atoms with van der Waals surface area (Å²) in [4.78, 5) is 0. The molecule has 0 saturated heterocycles. The van der Waals surface area contributed by atoms with Crippen LogP contribution in [0.2, 0.25) is 0 Å². The van der Waals surface area contributed by atoms with Gasteiger partial charge in [-0.3, -0.25) is 0 Å². The first-order valence-corrected chi connectivity index (χ1v) is 4.42. The van der Waals surface area contributed by atoms with E-state index in [2.05, 4.69) is 5.32 Å². The quantitative estimate of drug-likeness (QED) is 0.535. The Kier molecular flexibility index (Phi) is 3.83. The van der Waals surface area contributed by atoms with Crippen LogP contribution in [0.5, 0.6) is 0 Å². The van der Waals surface area contributed by atoms with Crippen molar-refractivity contribution in [1.82, 2.24) is 5.32 Å². The van der Waals surface area contributed by atoms with E-state index in [0.29, 0.717) is 18.6 Å². The van der Waals surface area contributed by atoms with Crippen LogP contribution in [0, 0.1) is 0 Å². The van der Waals surface area contributed by atoms with E-state index in [4.69, 9.17) is 10.8 Å². The van der Waals surface area contributed by atoms with Gasteiger partial charge in [-0.05, 0) is 19.3 Å². The molecule has 3 nitrogen and oxygen atoms in total. The van der Waals surface area contributed by atoms with Crippen LogP contribution < -0.4 is 11.1 Å². The van der Waals surface area contributed by atoms with E-state index < -0.39 is 0 Å². The zero-order valence-corrected chi connectivity index (χ0v) is 6.92. The van der Waals surface area contributed by atoms with Crippen LogP contribution in [0.3, 0.4) is 0 Å². The van der Waals surface area contributed by atoms with Crippen LogP contribution in [0.15, 0.2) is 0 Å². The van der Waals surface area contributed by atoms with Gasteiger partial charge in [-0.25, -0.2) is 0 Å². The number of rotatable bonds is 3. The third kappa shape index (κ3) is 3.18. The van der Waals surface area contributed by atoms with E-state index in [0.717, 1.165) is 12.8 Å². The van der Waals surface area contributed by atoms with Crippen molar-refractivity contribution in [3.05, 3.63) is 0 Å². The lowest BCUT2D eigenvalue weighted by atomic mass is 9.92. The van der Waals surface area contributed by atoms with Crippen LogP contribution in [0.1, 0.15) is 25.7 Å². The maximum absolute atomic E-state index is 8.57. The summed E-state index contributed by atoms with van der Waals surface area (Å²) in [5, 5.41) is 11.8. The first-order chi connectivity index (χ1) is 5.33. The second-order valence-electron chi connectivity index (χ2n) is 3.30. The Balaban J connectivity index is 2.12. The smallest absolute Gasteiger partial charge is 0.0556 e. The van der Waals surface area contributed by atoms with Gasteiger partial charge in [0.1, 0.15) is 0 Å². The van der Waals surface area contributed by atoms with Crippen molar-refractivity contribution in [3.8, 4) is 0 Å². The SMILES string of the molecule is NC1CCCC(NCCO)C1. The highest BCUT2D eigenvalue weighted by atomic mass is 16.3. The molecule has 0 aromatic rings. The lowest BCUT2D eigenvalue weighted by Gasteiger charge is -2.27. The number of hydrogen-bond donors (Lipinski definition) is 3. The molecule has 66 valence electrons. The summed E-state index contributed by atoms with van der Waals surface area (Å²) in [7, 11) is 0. The number of nitrogens with one attached hydrogen (secondary N) is 1. The molecule has 0 aromatic heterocycles. The summed E-state index contributed by atoms with van der Waals surface area (Å²) in [6, 6.07) is 0.922. The fourth-order valence-electron chi connectivity index (χ4n) is 1.68. The normalized spacial score (nSPS) is 32.2. The molecular formula is C8H18N2O. The predicted octanol–water partition coefficient (Wildman–Crippen LogP) is -0.162. The molecule has 0 spiro atoms. The van der Waals surface area contributed by atoms with Gasteiger partial charge in [0.25, 0.3) is 0 Å². The van der Waals surface area contributed by atoms with Crippen molar-refractivity contribution < 1.29 is 5.11 Å². The molecule has 0 aliphatic heterocycles. The molecule has 11 heavy (non-hydrogen) atoms. The average Bonchev–Trinajstić information content (AvgIpc) is 2.01. The van der Waals surface area contributed by atoms with E-state index in [9.17, 15) is 0 Å². The highest BCUT2D eigenvalue weighted by Crippen LogP contribution is 2.16. The van der Waals surface area contributed by atoms with Gasteiger partial charge in [-0.15, -0.1) is 0 Å². The molecule has 0 amide bonds. The minimum absolute atomic E-state index is 0.228. The molecule has 2 atom stereocenters. The van der Waals surface area contributed by atoms with Gasteiger partial charge in [-0.2, -0.15) is 0 Å². The Bertz CT molecular complexity index is 108. The molecule has 1 aliphatic carbocycles. The molecule has 1 fully saturated rings. The minimum Gasteiger partial charge on any atom is -0.395 e. The number of aliphatic hydroxyl groups excluding tert-OH is 1. The van der Waals surface area contributed by atoms with Crippen molar-refractivity contribution in [2.24, 2.45) is 5.73 Å². The van der Waals surface area contributed by atoms with Gasteiger partial charge < -0.3 is 16.2 Å². The van der Waals surface area contributed by atoms with Crippen LogP contribution in [0.4, 0.5) is 0 Å². The van der Waals surface area contributed by atoms with E-state index >= 15 is 0 Å².